The van der Waals surface area contributed by atoms with E-state index >= 15 is 0 Å². The summed E-state index contributed by atoms with van der Waals surface area (Å²) in [4.78, 5) is 13.5. The number of anilines is 1. The van der Waals surface area contributed by atoms with Crippen LogP contribution >= 0.6 is 15.9 Å². The van der Waals surface area contributed by atoms with Crippen LogP contribution in [0, 0.1) is 10.1 Å². The number of nitro groups is 1. The number of fused-ring (bicyclic) bond motifs is 1. The van der Waals surface area contributed by atoms with Gasteiger partial charge in [0.15, 0.2) is 0 Å². The number of non-ortho nitro benzene ring substituents is 1. The van der Waals surface area contributed by atoms with Crippen LogP contribution < -0.4 is 5.32 Å². The number of nitrogens with zero attached hydrogens (tertiary/aromatic N) is 1. The van der Waals surface area contributed by atoms with Crippen LogP contribution in [0.5, 0.6) is 0 Å². The van der Waals surface area contributed by atoms with Gasteiger partial charge in [-0.05, 0) is 33.6 Å². The van der Waals surface area contributed by atoms with Gasteiger partial charge in [0.1, 0.15) is 0 Å². The van der Waals surface area contributed by atoms with E-state index in [9.17, 15) is 10.1 Å². The van der Waals surface area contributed by atoms with Gasteiger partial charge in [0.2, 0.25) is 0 Å². The molecule has 0 bridgehead atoms. The first-order valence-corrected chi connectivity index (χ1v) is 7.17. The molecule has 1 aromatic heterocycles. The highest BCUT2D eigenvalue weighted by atomic mass is 79.9. The van der Waals surface area contributed by atoms with Gasteiger partial charge in [0.25, 0.3) is 5.69 Å². The van der Waals surface area contributed by atoms with Crippen molar-refractivity contribution in [2.75, 3.05) is 5.32 Å². The molecule has 0 saturated carbocycles. The summed E-state index contributed by atoms with van der Waals surface area (Å²) in [5.74, 6) is 0. The van der Waals surface area contributed by atoms with Crippen molar-refractivity contribution in [1.29, 1.82) is 0 Å². The Balaban J connectivity index is 1.80. The molecular formula is C15H12BrN3O2. The lowest BCUT2D eigenvalue weighted by molar-refractivity contribution is -0.384. The van der Waals surface area contributed by atoms with Gasteiger partial charge in [0, 0.05) is 45.9 Å². The quantitative estimate of drug-likeness (QED) is 0.542. The number of aromatic amines is 1. The molecule has 3 rings (SSSR count). The van der Waals surface area contributed by atoms with E-state index in [1.165, 1.54) is 17.5 Å². The average molecular weight is 346 g/mol. The molecular weight excluding hydrogens is 334 g/mol. The third-order valence-corrected chi connectivity index (χ3v) is 3.96. The number of para-hydroxylation sites is 1. The number of hydrogen-bond acceptors (Lipinski definition) is 3. The average Bonchev–Trinajstić information content (AvgIpc) is 2.89. The molecule has 0 aliphatic carbocycles. The zero-order valence-electron chi connectivity index (χ0n) is 11.0. The standard InChI is InChI=1S/C15H12BrN3O2/c16-13-7-11(19(20)21)5-6-15(13)18-9-10-8-17-14-4-2-1-3-12(10)14/h1-8,17-18H,9H2. The van der Waals surface area contributed by atoms with E-state index < -0.39 is 4.92 Å². The van der Waals surface area contributed by atoms with E-state index in [0.29, 0.717) is 11.0 Å². The zero-order chi connectivity index (χ0) is 14.8. The lowest BCUT2D eigenvalue weighted by atomic mass is 10.2. The SMILES string of the molecule is O=[N+]([O-])c1ccc(NCc2c[nH]c3ccccc23)c(Br)c1. The minimum Gasteiger partial charge on any atom is -0.380 e. The molecule has 1 heterocycles. The fourth-order valence-electron chi connectivity index (χ4n) is 2.23. The Labute approximate surface area is 129 Å². The number of benzene rings is 2. The maximum Gasteiger partial charge on any atom is 0.270 e. The molecule has 0 radical (unpaired) electrons. The summed E-state index contributed by atoms with van der Waals surface area (Å²) in [5, 5.41) is 15.2. The monoisotopic (exact) mass is 345 g/mol. The van der Waals surface area contributed by atoms with Crippen molar-refractivity contribution in [2.45, 2.75) is 6.54 Å². The summed E-state index contributed by atoms with van der Waals surface area (Å²) in [5.41, 5.74) is 3.14. The van der Waals surface area contributed by atoms with Crippen LogP contribution in [0.15, 0.2) is 53.1 Å². The minimum atomic E-state index is -0.409. The first-order valence-electron chi connectivity index (χ1n) is 6.38. The molecule has 0 spiro atoms. The zero-order valence-corrected chi connectivity index (χ0v) is 12.6. The molecule has 5 nitrogen and oxygen atoms in total. The Morgan fingerprint density at radius 1 is 1.24 bits per heavy atom. The van der Waals surface area contributed by atoms with Crippen LogP contribution in [0.4, 0.5) is 11.4 Å². The third kappa shape index (κ3) is 2.75. The van der Waals surface area contributed by atoms with Crippen molar-refractivity contribution in [2.24, 2.45) is 0 Å². The number of H-pyrrole nitrogens is 1. The highest BCUT2D eigenvalue weighted by molar-refractivity contribution is 9.10. The number of halogens is 1. The molecule has 0 aliphatic heterocycles. The molecule has 2 N–H and O–H groups in total. The second-order valence-corrected chi connectivity index (χ2v) is 5.49. The van der Waals surface area contributed by atoms with Crippen molar-refractivity contribution < 1.29 is 4.92 Å². The molecule has 0 atom stereocenters. The van der Waals surface area contributed by atoms with E-state index in [2.05, 4.69) is 32.3 Å². The lowest BCUT2D eigenvalue weighted by Crippen LogP contribution is -2.00. The van der Waals surface area contributed by atoms with Crippen molar-refractivity contribution in [1.82, 2.24) is 4.98 Å². The number of nitro benzene ring substituents is 1. The maximum absolute atomic E-state index is 10.7. The van der Waals surface area contributed by atoms with Crippen molar-refractivity contribution >= 4 is 38.2 Å². The molecule has 21 heavy (non-hydrogen) atoms. The van der Waals surface area contributed by atoms with E-state index in [-0.39, 0.29) is 5.69 Å². The van der Waals surface area contributed by atoms with Gasteiger partial charge in [-0.3, -0.25) is 10.1 Å². The topological polar surface area (TPSA) is 71.0 Å². The molecule has 0 saturated heterocycles. The minimum absolute atomic E-state index is 0.0690. The number of rotatable bonds is 4. The van der Waals surface area contributed by atoms with Gasteiger partial charge in [-0.25, -0.2) is 0 Å². The number of hydrogen-bond donors (Lipinski definition) is 2. The second kappa shape index (κ2) is 5.57. The molecule has 0 amide bonds. The highest BCUT2D eigenvalue weighted by Gasteiger charge is 2.09. The Morgan fingerprint density at radius 3 is 2.81 bits per heavy atom. The summed E-state index contributed by atoms with van der Waals surface area (Å²) >= 11 is 3.35. The van der Waals surface area contributed by atoms with E-state index in [1.807, 2.05) is 24.4 Å². The van der Waals surface area contributed by atoms with Crippen LogP contribution in [0.25, 0.3) is 10.9 Å². The summed E-state index contributed by atoms with van der Waals surface area (Å²) in [6.45, 7) is 0.639. The Hall–Kier alpha value is -2.34. The molecule has 2 aromatic carbocycles. The fourth-order valence-corrected chi connectivity index (χ4v) is 2.74. The Kier molecular flexibility index (Phi) is 3.62. The van der Waals surface area contributed by atoms with Crippen LogP contribution in [0.2, 0.25) is 0 Å². The lowest BCUT2D eigenvalue weighted by Gasteiger charge is -2.07. The molecule has 0 unspecified atom stereocenters. The van der Waals surface area contributed by atoms with Gasteiger partial charge in [-0.1, -0.05) is 18.2 Å². The van der Waals surface area contributed by atoms with Crippen molar-refractivity contribution in [3.05, 3.63) is 68.8 Å². The molecule has 6 heteroatoms. The van der Waals surface area contributed by atoms with Gasteiger partial charge in [-0.15, -0.1) is 0 Å². The van der Waals surface area contributed by atoms with Crippen LogP contribution in [-0.2, 0) is 6.54 Å². The van der Waals surface area contributed by atoms with Gasteiger partial charge in [-0.2, -0.15) is 0 Å². The van der Waals surface area contributed by atoms with E-state index in [4.69, 9.17) is 0 Å². The Bertz CT molecular complexity index is 814. The highest BCUT2D eigenvalue weighted by Crippen LogP contribution is 2.28. The second-order valence-electron chi connectivity index (χ2n) is 4.63. The summed E-state index contributed by atoms with van der Waals surface area (Å²) in [6.07, 6.45) is 1.97. The summed E-state index contributed by atoms with van der Waals surface area (Å²) in [6, 6.07) is 12.8. The predicted octanol–water partition coefficient (Wildman–Crippen LogP) is 4.45. The van der Waals surface area contributed by atoms with E-state index in [1.54, 1.807) is 6.07 Å². The van der Waals surface area contributed by atoms with Crippen molar-refractivity contribution in [3.63, 3.8) is 0 Å². The van der Waals surface area contributed by atoms with Crippen LogP contribution in [-0.4, -0.2) is 9.91 Å². The van der Waals surface area contributed by atoms with Gasteiger partial charge in [0.05, 0.1) is 4.92 Å². The summed E-state index contributed by atoms with van der Waals surface area (Å²) < 4.78 is 0.677. The normalized spacial score (nSPS) is 10.7. The molecule has 0 aliphatic rings. The van der Waals surface area contributed by atoms with E-state index in [0.717, 1.165) is 16.8 Å². The Morgan fingerprint density at radius 2 is 2.05 bits per heavy atom. The third-order valence-electron chi connectivity index (χ3n) is 3.31. The van der Waals surface area contributed by atoms with Gasteiger partial charge < -0.3 is 10.3 Å². The summed E-state index contributed by atoms with van der Waals surface area (Å²) in [7, 11) is 0. The predicted molar refractivity (Wildman–Crippen MR) is 86.4 cm³/mol. The van der Waals surface area contributed by atoms with Crippen molar-refractivity contribution in [3.8, 4) is 0 Å². The largest absolute Gasteiger partial charge is 0.380 e. The van der Waals surface area contributed by atoms with Crippen LogP contribution in [0.3, 0.4) is 0 Å². The number of nitrogens with one attached hydrogen (secondary N) is 2. The van der Waals surface area contributed by atoms with Crippen LogP contribution in [0.1, 0.15) is 5.56 Å². The molecule has 0 fully saturated rings. The smallest absolute Gasteiger partial charge is 0.270 e. The molecule has 3 aromatic rings. The fraction of sp³-hybridized carbons (Fsp3) is 0.0667. The molecule has 106 valence electrons. The maximum atomic E-state index is 10.7. The number of aromatic nitrogens is 1. The first-order chi connectivity index (χ1) is 10.1. The first kappa shape index (κ1) is 13.6. The van der Waals surface area contributed by atoms with Gasteiger partial charge >= 0.3 is 0 Å².